The lowest BCUT2D eigenvalue weighted by atomic mass is 9.94. The molecule has 1 atom stereocenters. The van der Waals surface area contributed by atoms with E-state index in [9.17, 15) is 19.5 Å². The van der Waals surface area contributed by atoms with Gasteiger partial charge in [-0.15, -0.1) is 0 Å². The monoisotopic (exact) mass is 533 g/mol. The number of aliphatic hydroxyl groups is 1. The second-order valence-corrected chi connectivity index (χ2v) is 9.75. The van der Waals surface area contributed by atoms with E-state index in [-0.39, 0.29) is 24.0 Å². The van der Waals surface area contributed by atoms with Crippen molar-refractivity contribution in [2.24, 2.45) is 0 Å². The minimum Gasteiger partial charge on any atom is -0.507 e. The number of hydrogen-bond donors (Lipinski definition) is 1. The van der Waals surface area contributed by atoms with E-state index in [1.54, 1.807) is 50.2 Å². The van der Waals surface area contributed by atoms with Crippen LogP contribution >= 0.6 is 11.6 Å². The number of benzene rings is 3. The van der Waals surface area contributed by atoms with E-state index in [4.69, 9.17) is 21.1 Å². The van der Waals surface area contributed by atoms with E-state index >= 15 is 0 Å². The zero-order valence-electron chi connectivity index (χ0n) is 21.5. The molecule has 1 amide bonds. The molecule has 1 aliphatic heterocycles. The molecule has 38 heavy (non-hydrogen) atoms. The van der Waals surface area contributed by atoms with Crippen molar-refractivity contribution in [1.29, 1.82) is 0 Å². The summed E-state index contributed by atoms with van der Waals surface area (Å²) in [6.07, 6.45) is -0.246. The van der Waals surface area contributed by atoms with Gasteiger partial charge in [0.2, 0.25) is 0 Å². The summed E-state index contributed by atoms with van der Waals surface area (Å²) >= 11 is 6.14. The number of aliphatic hydroxyl groups excluding tert-OH is 1. The number of methoxy groups -OCH3 is 1. The standard InChI is InChI=1S/C30H28ClNO6/c1-17(2)38-30(36)20-10-8-19(9-11-20)16-32-26(21-7-5-6-18(3)14-21)25(28(34)29(32)35)27(33)22-12-13-23(31)24(15-22)37-4/h5-15,17,26,33H,16H2,1-4H3/b27-25-. The highest BCUT2D eigenvalue weighted by atomic mass is 35.5. The first-order valence-electron chi connectivity index (χ1n) is 12.1. The number of carbonyl (C=O) groups is 3. The van der Waals surface area contributed by atoms with Gasteiger partial charge in [-0.05, 0) is 62.2 Å². The molecule has 1 aliphatic rings. The molecule has 7 nitrogen and oxygen atoms in total. The number of carbonyl (C=O) groups excluding carboxylic acids is 3. The Morgan fingerprint density at radius 3 is 2.34 bits per heavy atom. The summed E-state index contributed by atoms with van der Waals surface area (Å²) in [6, 6.07) is 17.9. The van der Waals surface area contributed by atoms with Gasteiger partial charge in [-0.2, -0.15) is 0 Å². The summed E-state index contributed by atoms with van der Waals surface area (Å²) in [7, 11) is 1.45. The maximum absolute atomic E-state index is 13.3. The van der Waals surface area contributed by atoms with Crippen molar-refractivity contribution in [2.75, 3.05) is 7.11 Å². The first-order chi connectivity index (χ1) is 18.1. The first-order valence-corrected chi connectivity index (χ1v) is 12.5. The van der Waals surface area contributed by atoms with E-state index in [2.05, 4.69) is 0 Å². The molecule has 0 aliphatic carbocycles. The normalized spacial score (nSPS) is 16.7. The fourth-order valence-electron chi connectivity index (χ4n) is 4.42. The maximum Gasteiger partial charge on any atom is 0.338 e. The number of nitrogens with zero attached hydrogens (tertiary/aromatic N) is 1. The molecule has 1 saturated heterocycles. The number of ketones is 1. The highest BCUT2D eigenvalue weighted by Crippen LogP contribution is 2.41. The van der Waals surface area contributed by atoms with Crippen LogP contribution in [0.25, 0.3) is 5.76 Å². The van der Waals surface area contributed by atoms with Crippen LogP contribution in [0.1, 0.15) is 52.5 Å². The summed E-state index contributed by atoms with van der Waals surface area (Å²) in [5.74, 6) is -1.96. The number of rotatable bonds is 7. The molecule has 196 valence electrons. The lowest BCUT2D eigenvalue weighted by molar-refractivity contribution is -0.140. The van der Waals surface area contributed by atoms with Crippen molar-refractivity contribution in [3.63, 3.8) is 0 Å². The Morgan fingerprint density at radius 2 is 1.71 bits per heavy atom. The molecular formula is C30H28ClNO6. The summed E-state index contributed by atoms with van der Waals surface area (Å²) in [6.45, 7) is 5.54. The van der Waals surface area contributed by atoms with Crippen LogP contribution < -0.4 is 4.74 Å². The van der Waals surface area contributed by atoms with Crippen LogP contribution in [0, 0.1) is 6.92 Å². The number of likely N-dealkylation sites (tertiary alicyclic amines) is 1. The van der Waals surface area contributed by atoms with Gasteiger partial charge >= 0.3 is 5.97 Å². The predicted molar refractivity (Wildman–Crippen MR) is 144 cm³/mol. The predicted octanol–water partition coefficient (Wildman–Crippen LogP) is 5.84. The molecule has 0 bridgehead atoms. The molecule has 3 aromatic rings. The van der Waals surface area contributed by atoms with Crippen molar-refractivity contribution in [1.82, 2.24) is 4.90 Å². The van der Waals surface area contributed by atoms with E-state index in [1.807, 2.05) is 31.2 Å². The Morgan fingerprint density at radius 1 is 1.03 bits per heavy atom. The maximum atomic E-state index is 13.3. The summed E-state index contributed by atoms with van der Waals surface area (Å²) in [5, 5.41) is 11.7. The smallest absolute Gasteiger partial charge is 0.338 e. The molecule has 0 aromatic heterocycles. The van der Waals surface area contributed by atoms with Crippen LogP contribution in [0.5, 0.6) is 5.75 Å². The van der Waals surface area contributed by atoms with E-state index in [0.717, 1.165) is 5.56 Å². The zero-order valence-corrected chi connectivity index (χ0v) is 22.3. The number of ether oxygens (including phenoxy) is 2. The molecule has 8 heteroatoms. The second-order valence-electron chi connectivity index (χ2n) is 9.34. The zero-order chi connectivity index (χ0) is 27.6. The Bertz CT molecular complexity index is 1430. The number of halogens is 1. The minimum absolute atomic E-state index is 0.0258. The Labute approximate surface area is 226 Å². The fourth-order valence-corrected chi connectivity index (χ4v) is 4.61. The molecule has 0 saturated carbocycles. The summed E-state index contributed by atoms with van der Waals surface area (Å²) < 4.78 is 10.5. The molecule has 0 radical (unpaired) electrons. The SMILES string of the molecule is COc1cc(/C(O)=C2/C(=O)C(=O)N(Cc3ccc(C(=O)OC(C)C)cc3)C2c2cccc(C)c2)ccc1Cl. The number of esters is 1. The Balaban J connectivity index is 1.77. The van der Waals surface area contributed by atoms with E-state index < -0.39 is 23.7 Å². The van der Waals surface area contributed by atoms with Gasteiger partial charge in [0.05, 0.1) is 35.4 Å². The Hall–Kier alpha value is -4.10. The third-order valence-electron chi connectivity index (χ3n) is 6.21. The highest BCUT2D eigenvalue weighted by molar-refractivity contribution is 6.46. The van der Waals surface area contributed by atoms with Crippen LogP contribution in [0.4, 0.5) is 0 Å². The van der Waals surface area contributed by atoms with Crippen molar-refractivity contribution in [2.45, 2.75) is 39.5 Å². The van der Waals surface area contributed by atoms with Gasteiger partial charge in [0.1, 0.15) is 11.5 Å². The van der Waals surface area contributed by atoms with Gasteiger partial charge in [0.25, 0.3) is 11.7 Å². The lowest BCUT2D eigenvalue weighted by Crippen LogP contribution is -2.29. The Kier molecular flexibility index (Phi) is 7.88. The van der Waals surface area contributed by atoms with Gasteiger partial charge in [0, 0.05) is 12.1 Å². The van der Waals surface area contributed by atoms with E-state index in [1.165, 1.54) is 18.1 Å². The topological polar surface area (TPSA) is 93.1 Å². The highest BCUT2D eigenvalue weighted by Gasteiger charge is 2.46. The molecule has 4 rings (SSSR count). The van der Waals surface area contributed by atoms with Crippen LogP contribution in [0.2, 0.25) is 5.02 Å². The van der Waals surface area contributed by atoms with Gasteiger partial charge in [-0.3, -0.25) is 9.59 Å². The third-order valence-corrected chi connectivity index (χ3v) is 6.52. The van der Waals surface area contributed by atoms with E-state index in [0.29, 0.717) is 33.0 Å². The average Bonchev–Trinajstić information content (AvgIpc) is 3.13. The minimum atomic E-state index is -0.831. The number of Topliss-reactive ketones (excluding diaryl/α,β-unsaturated/α-hetero) is 1. The van der Waals surface area contributed by atoms with Gasteiger partial charge < -0.3 is 19.5 Å². The molecule has 1 fully saturated rings. The van der Waals surface area contributed by atoms with Gasteiger partial charge in [0.15, 0.2) is 0 Å². The lowest BCUT2D eigenvalue weighted by Gasteiger charge is -2.26. The van der Waals surface area contributed by atoms with Crippen LogP contribution in [-0.4, -0.2) is 40.9 Å². The molecule has 1 heterocycles. The van der Waals surface area contributed by atoms with Crippen molar-refractivity contribution in [3.05, 3.63) is 105 Å². The van der Waals surface area contributed by atoms with Crippen LogP contribution in [-0.2, 0) is 20.9 Å². The summed E-state index contributed by atoms with van der Waals surface area (Å²) in [4.78, 5) is 40.3. The van der Waals surface area contributed by atoms with Crippen molar-refractivity contribution in [3.8, 4) is 5.75 Å². The molecular weight excluding hydrogens is 506 g/mol. The van der Waals surface area contributed by atoms with Gasteiger partial charge in [-0.25, -0.2) is 4.79 Å². The largest absolute Gasteiger partial charge is 0.507 e. The summed E-state index contributed by atoms with van der Waals surface area (Å²) in [5.41, 5.74) is 2.99. The van der Waals surface area contributed by atoms with Crippen LogP contribution in [0.3, 0.4) is 0 Å². The first kappa shape index (κ1) is 26.9. The quantitative estimate of drug-likeness (QED) is 0.177. The van der Waals surface area contributed by atoms with Crippen molar-refractivity contribution < 1.29 is 29.0 Å². The fraction of sp³-hybridized carbons (Fsp3) is 0.233. The number of hydrogen-bond acceptors (Lipinski definition) is 6. The van der Waals surface area contributed by atoms with Crippen LogP contribution in [0.15, 0.2) is 72.3 Å². The number of amides is 1. The molecule has 1 N–H and O–H groups in total. The molecule has 1 unspecified atom stereocenters. The average molecular weight is 534 g/mol. The second kappa shape index (κ2) is 11.1. The molecule has 3 aromatic carbocycles. The molecule has 0 spiro atoms. The van der Waals surface area contributed by atoms with Crippen molar-refractivity contribution >= 4 is 35.0 Å². The number of aryl methyl sites for hydroxylation is 1. The van der Waals surface area contributed by atoms with Gasteiger partial charge in [-0.1, -0.05) is 53.6 Å². The third kappa shape index (κ3) is 5.43.